The Bertz CT molecular complexity index is 5590. The van der Waals surface area contributed by atoms with Crippen LogP contribution < -0.4 is 24.9 Å². The van der Waals surface area contributed by atoms with Crippen LogP contribution in [0.5, 0.6) is 0 Å². The van der Waals surface area contributed by atoms with Gasteiger partial charge in [0.2, 0.25) is 0 Å². The number of esters is 2. The molecule has 8 aromatic heterocycles. The van der Waals surface area contributed by atoms with Crippen LogP contribution in [0.1, 0.15) is 219 Å². The molecule has 1 aliphatic carbocycles. The zero-order valence-corrected chi connectivity index (χ0v) is 81.2. The van der Waals surface area contributed by atoms with Crippen LogP contribution in [0.3, 0.4) is 0 Å². The molecule has 1 saturated carbocycles. The Hall–Kier alpha value is -11.3. The number of hydrogen-bond acceptors (Lipinski definition) is 26. The molecule has 0 radical (unpaired) electrons. The molecule has 2 N–H and O–H groups in total. The van der Waals surface area contributed by atoms with E-state index in [1.54, 1.807) is 32.4 Å². The quantitative estimate of drug-likeness (QED) is 0.0849. The van der Waals surface area contributed by atoms with E-state index in [9.17, 15) is 14.7 Å². The van der Waals surface area contributed by atoms with Gasteiger partial charge in [-0.25, -0.2) is 34.5 Å². The molecule has 686 valence electrons. The maximum absolute atomic E-state index is 11.6. The molecule has 4 aromatic carbocycles. The lowest BCUT2D eigenvalue weighted by atomic mass is 9.79. The molecule has 0 bridgehead atoms. The fourth-order valence-corrected chi connectivity index (χ4v) is 16.3. The first-order chi connectivity index (χ1) is 62.3. The van der Waals surface area contributed by atoms with E-state index in [1.165, 1.54) is 146 Å². The number of nitrogens with zero attached hydrogens (tertiary/aromatic N) is 20. The van der Waals surface area contributed by atoms with E-state index in [0.29, 0.717) is 27.1 Å². The Morgan fingerprint density at radius 3 is 1.15 bits per heavy atom. The average molecular weight is 1840 g/mol. The second-order valence-electron chi connectivity index (χ2n) is 34.3. The summed E-state index contributed by atoms with van der Waals surface area (Å²) in [7, 11) is 2.61. The number of rotatable bonds is 16. The molecular weight excluding hydrogens is 1720 g/mol. The van der Waals surface area contributed by atoms with Gasteiger partial charge in [-0.3, -0.25) is 4.98 Å². The van der Waals surface area contributed by atoms with Crippen molar-refractivity contribution in [3.63, 3.8) is 0 Å². The number of carbonyl (C=O) groups is 2. The number of aromatic nitrogens is 16. The number of carbonyl (C=O) groups excluding carboxylic acids is 2. The van der Waals surface area contributed by atoms with Crippen molar-refractivity contribution in [1.82, 2.24) is 86.2 Å². The molecule has 26 nitrogen and oxygen atoms in total. The normalized spacial score (nSPS) is 16.5. The molecule has 3 aliphatic heterocycles. The van der Waals surface area contributed by atoms with Gasteiger partial charge in [-0.1, -0.05) is 194 Å². The highest BCUT2D eigenvalue weighted by Gasteiger charge is 2.32. The number of aliphatic hydroxyl groups is 1. The summed E-state index contributed by atoms with van der Waals surface area (Å²) in [4.78, 5) is 56.3. The van der Waals surface area contributed by atoms with Gasteiger partial charge in [0.25, 0.3) is 0 Å². The highest BCUT2D eigenvalue weighted by atomic mass is 35.5. The first-order valence-electron chi connectivity index (χ1n) is 44.3. The monoisotopic (exact) mass is 1840 g/mol. The number of nitrogens with one attached hydrogen (secondary N) is 1. The summed E-state index contributed by atoms with van der Waals surface area (Å²) in [5.41, 5.74) is 21.8. The highest BCUT2D eigenvalue weighted by Crippen LogP contribution is 2.38. The predicted octanol–water partition coefficient (Wildman–Crippen LogP) is 19.0. The van der Waals surface area contributed by atoms with Crippen molar-refractivity contribution < 1.29 is 24.2 Å². The van der Waals surface area contributed by atoms with E-state index in [2.05, 4.69) is 259 Å². The third-order valence-corrected chi connectivity index (χ3v) is 25.6. The number of ether oxygens (including phenoxy) is 2. The number of piperidine rings is 1. The molecule has 4 fully saturated rings. The Morgan fingerprint density at radius 1 is 0.415 bits per heavy atom. The van der Waals surface area contributed by atoms with Crippen molar-refractivity contribution in [1.29, 1.82) is 0 Å². The number of halogens is 4. The minimum Gasteiger partial charge on any atom is -0.464 e. The van der Waals surface area contributed by atoms with E-state index in [-0.39, 0.29) is 28.6 Å². The van der Waals surface area contributed by atoms with Gasteiger partial charge in [-0.15, -0.1) is 25.5 Å². The molecule has 16 rings (SSSR count). The van der Waals surface area contributed by atoms with Crippen LogP contribution in [-0.2, 0) is 40.8 Å². The maximum atomic E-state index is 11.6. The number of methoxy groups -OCH3 is 2. The van der Waals surface area contributed by atoms with Gasteiger partial charge in [0.1, 0.15) is 22.4 Å². The Balaban J connectivity index is 0.000000167. The van der Waals surface area contributed by atoms with Gasteiger partial charge >= 0.3 is 11.9 Å². The fourth-order valence-electron chi connectivity index (χ4n) is 15.6. The Kier molecular flexibility index (Phi) is 38.1. The molecule has 3 saturated heterocycles. The van der Waals surface area contributed by atoms with Crippen LogP contribution in [0.15, 0.2) is 159 Å². The van der Waals surface area contributed by atoms with Crippen LogP contribution in [0.25, 0.3) is 0 Å². The van der Waals surface area contributed by atoms with Gasteiger partial charge in [-0.2, -0.15) is 25.5 Å². The summed E-state index contributed by atoms with van der Waals surface area (Å²) < 4.78 is 9.09. The highest BCUT2D eigenvalue weighted by molar-refractivity contribution is 6.32. The minimum atomic E-state index is -0.990. The van der Waals surface area contributed by atoms with E-state index in [4.69, 9.17) is 51.1 Å². The lowest BCUT2D eigenvalue weighted by Gasteiger charge is -2.41. The number of anilines is 4. The molecule has 1 unspecified atom stereocenters. The summed E-state index contributed by atoms with van der Waals surface area (Å²) in [5, 5.41) is 58.0. The molecule has 11 heterocycles. The van der Waals surface area contributed by atoms with Crippen LogP contribution in [0.4, 0.5) is 23.3 Å². The summed E-state index contributed by atoms with van der Waals surface area (Å²) >= 11 is 22.7. The van der Waals surface area contributed by atoms with Gasteiger partial charge in [-0.05, 0) is 225 Å². The standard InChI is InChI=1S/C25H32N6O.C24H28N6O2.C20H26N2.C13H13ClN2.C6H6Cl2N2.C6H5ClN2O2.C6H13N/c1-17-16-30(11-12-31(17)23-15-26-22(14-27-23)25(4,5)32)24-19(3)18(2)21(28-29-24)13-20-9-7-6-8-10-20;1-16-15-29(10-11-30(16)22-14-25-21(13-26-22)24(31)32-4)23-18(3)17(2)20(27-28-23)12-19-8-6-5-7-9-19;1-14-8-7-11-18(12-14)20-16(3)15(2)19(21-22-20)13-17-9-5-4-6-10-17;1-9-10(2)13(14)16-15-12(9)8-11-6-4-3-5-7-11;1-3-4(2)6(8)10-9-5(3)7;1-11-6(10)4-2-9-5(7)3-8-4;1-6-3-2-4-7-5-6/h6-10,14-15,17,32H,11-13,16H2,1-5H3;5-9,13-14,16H,10-12,15H2,1-4H3;4-6,9-10,14,18H,7-8,11-13H2,1-3H3;3-7H,8H2,1-2H3;1-2H3;2-3H,1H3;6-7H,2-5H2,1H3/t17-;16-;14-,18?;;;;6-/m110...0/s1. The maximum Gasteiger partial charge on any atom is 0.358 e. The predicted molar refractivity (Wildman–Crippen MR) is 518 cm³/mol. The Morgan fingerprint density at radius 2 is 0.792 bits per heavy atom. The fraction of sp³-hybridized carbons (Fsp3) is 0.420. The molecule has 0 amide bonds. The second kappa shape index (κ2) is 49.1. The minimum absolute atomic E-state index is 0.150. The Labute approximate surface area is 786 Å². The molecule has 12 aromatic rings. The first kappa shape index (κ1) is 101. The molecule has 30 heteroatoms. The van der Waals surface area contributed by atoms with Crippen LogP contribution in [-0.4, -0.2) is 177 Å². The van der Waals surface area contributed by atoms with Crippen LogP contribution in [0, 0.1) is 81.1 Å². The summed E-state index contributed by atoms with van der Waals surface area (Å²) in [6, 6.07) is 42.0. The van der Waals surface area contributed by atoms with E-state index in [1.807, 2.05) is 70.2 Å². The summed E-state index contributed by atoms with van der Waals surface area (Å²) in [5.74, 6) is 4.85. The van der Waals surface area contributed by atoms with Crippen molar-refractivity contribution in [3.8, 4) is 0 Å². The van der Waals surface area contributed by atoms with Crippen LogP contribution in [0.2, 0.25) is 20.6 Å². The second-order valence-corrected chi connectivity index (χ2v) is 35.7. The number of benzene rings is 4. The molecule has 4 aliphatic rings. The zero-order chi connectivity index (χ0) is 93.7. The van der Waals surface area contributed by atoms with Gasteiger partial charge in [0, 0.05) is 83.0 Å². The molecular formula is C100H123Cl4N21O5. The van der Waals surface area contributed by atoms with E-state index < -0.39 is 17.5 Å². The third kappa shape index (κ3) is 28.6. The SMILES string of the molecule is COC(=O)c1cnc(Cl)cn1.COC(=O)c1cnc(N2CCN(c3nnc(Cc4ccccc4)c(C)c3C)C[C@H]2C)cn1.C[C@H]1CCCNC1.Cc1c(Cc2ccccc2)nnc(C2CCC[C@H](C)C2)c1C.Cc1c(Cc2ccccc2)nnc(N2CCN(c3cnc(C(C)(C)O)cn3)[C@H](C)C2)c1C.Cc1c(Cl)nnc(Cc2ccccc2)c1C.Cc1c(Cl)nnc(Cl)c1C. The van der Waals surface area contributed by atoms with Crippen molar-refractivity contribution >= 4 is 81.6 Å². The molecule has 130 heavy (non-hydrogen) atoms. The van der Waals surface area contributed by atoms with E-state index in [0.717, 1.165) is 145 Å². The van der Waals surface area contributed by atoms with Crippen LogP contribution >= 0.6 is 46.4 Å². The van der Waals surface area contributed by atoms with Gasteiger partial charge < -0.3 is 39.5 Å². The number of hydrogen-bond donors (Lipinski definition) is 2. The topological polar surface area (TPSA) is 304 Å². The van der Waals surface area contributed by atoms with Gasteiger partial charge in [0.15, 0.2) is 38.5 Å². The van der Waals surface area contributed by atoms with Crippen molar-refractivity contribution in [2.24, 2.45) is 11.8 Å². The summed E-state index contributed by atoms with van der Waals surface area (Å²) in [6.45, 7) is 40.5. The van der Waals surface area contributed by atoms with Gasteiger partial charge in [0.05, 0.1) is 85.6 Å². The first-order valence-corrected chi connectivity index (χ1v) is 45.8. The number of piperazine rings is 2. The third-order valence-electron chi connectivity index (χ3n) is 24.3. The average Bonchev–Trinajstić information content (AvgIpc) is 0.825. The smallest absolute Gasteiger partial charge is 0.358 e. The zero-order valence-electron chi connectivity index (χ0n) is 78.2. The van der Waals surface area contributed by atoms with Crippen molar-refractivity contribution in [2.45, 2.75) is 199 Å². The van der Waals surface area contributed by atoms with Crippen molar-refractivity contribution in [2.75, 3.05) is 86.2 Å². The summed E-state index contributed by atoms with van der Waals surface area (Å²) in [6.07, 6.45) is 20.4. The lowest BCUT2D eigenvalue weighted by molar-refractivity contribution is 0.0584. The molecule has 5 atom stereocenters. The lowest BCUT2D eigenvalue weighted by Crippen LogP contribution is -2.53. The largest absolute Gasteiger partial charge is 0.464 e. The van der Waals surface area contributed by atoms with Crippen molar-refractivity contribution in [3.05, 3.63) is 303 Å². The molecule has 0 spiro atoms. The van der Waals surface area contributed by atoms with E-state index >= 15 is 0 Å².